The lowest BCUT2D eigenvalue weighted by Gasteiger charge is -2.35. The molecule has 1 aromatic heterocycles. The third kappa shape index (κ3) is 3.17. The number of hydrogen-bond donors (Lipinski definition) is 1. The van der Waals surface area contributed by atoms with Crippen LogP contribution in [0.1, 0.15) is 5.56 Å². The molecule has 17 heavy (non-hydrogen) atoms. The van der Waals surface area contributed by atoms with Crippen molar-refractivity contribution < 1.29 is 0 Å². The molecule has 0 unspecified atom stereocenters. The second-order valence-corrected chi connectivity index (χ2v) is 4.73. The largest absolute Gasteiger partial charge is 0.366 e. The molecule has 0 atom stereocenters. The van der Waals surface area contributed by atoms with E-state index in [2.05, 4.69) is 26.4 Å². The van der Waals surface area contributed by atoms with E-state index >= 15 is 0 Å². The minimum atomic E-state index is 0.853. The molecule has 1 saturated heterocycles. The Morgan fingerprint density at radius 2 is 2.12 bits per heavy atom. The first kappa shape index (κ1) is 12.3. The van der Waals surface area contributed by atoms with Gasteiger partial charge in [-0.1, -0.05) is 0 Å². The van der Waals surface area contributed by atoms with Gasteiger partial charge in [0.15, 0.2) is 5.11 Å². The molecule has 1 aliphatic heterocycles. The van der Waals surface area contributed by atoms with Crippen LogP contribution in [-0.2, 0) is 13.6 Å². The molecule has 5 nitrogen and oxygen atoms in total. The first-order valence-electron chi connectivity index (χ1n) is 5.85. The highest BCUT2D eigenvalue weighted by Gasteiger charge is 2.18. The van der Waals surface area contributed by atoms with Gasteiger partial charge in [0.1, 0.15) is 0 Å². The van der Waals surface area contributed by atoms with Crippen LogP contribution in [-0.4, -0.2) is 57.9 Å². The van der Waals surface area contributed by atoms with Crippen molar-refractivity contribution >= 4 is 17.3 Å². The van der Waals surface area contributed by atoms with Crippen LogP contribution in [0.3, 0.4) is 0 Å². The standard InChI is InChI=1S/C11H19N5S/c1-12-11(17)16-5-3-15(4-6-16)9-10-7-13-14(2)8-10/h7-8H,3-6,9H2,1-2H3,(H,12,17). The molecular weight excluding hydrogens is 234 g/mol. The van der Waals surface area contributed by atoms with E-state index in [0.29, 0.717) is 0 Å². The van der Waals surface area contributed by atoms with Gasteiger partial charge in [-0.15, -0.1) is 0 Å². The van der Waals surface area contributed by atoms with Crippen LogP contribution < -0.4 is 5.32 Å². The molecule has 6 heteroatoms. The summed E-state index contributed by atoms with van der Waals surface area (Å²) in [6.07, 6.45) is 4.01. The van der Waals surface area contributed by atoms with Crippen LogP contribution in [0, 0.1) is 0 Å². The van der Waals surface area contributed by atoms with Gasteiger partial charge in [0.05, 0.1) is 6.20 Å². The number of hydrogen-bond acceptors (Lipinski definition) is 3. The summed E-state index contributed by atoms with van der Waals surface area (Å²) in [6.45, 7) is 5.08. The number of thiocarbonyl (C=S) groups is 1. The molecule has 1 N–H and O–H groups in total. The van der Waals surface area contributed by atoms with Crippen molar-refractivity contribution in [2.45, 2.75) is 6.54 Å². The Balaban J connectivity index is 1.81. The Bertz CT molecular complexity index is 381. The lowest BCUT2D eigenvalue weighted by atomic mass is 10.2. The molecule has 0 amide bonds. The van der Waals surface area contributed by atoms with Gasteiger partial charge >= 0.3 is 0 Å². The molecule has 94 valence electrons. The molecule has 1 fully saturated rings. The SMILES string of the molecule is CNC(=S)N1CCN(Cc2cnn(C)c2)CC1. The second-order valence-electron chi connectivity index (χ2n) is 4.34. The summed E-state index contributed by atoms with van der Waals surface area (Å²) < 4.78 is 1.85. The quantitative estimate of drug-likeness (QED) is 0.753. The first-order chi connectivity index (χ1) is 8.19. The maximum atomic E-state index is 5.23. The van der Waals surface area contributed by atoms with Crippen molar-refractivity contribution in [3.63, 3.8) is 0 Å². The zero-order valence-corrected chi connectivity index (χ0v) is 11.2. The van der Waals surface area contributed by atoms with Gasteiger partial charge in [-0.25, -0.2) is 0 Å². The van der Waals surface area contributed by atoms with Gasteiger partial charge in [-0.3, -0.25) is 9.58 Å². The van der Waals surface area contributed by atoms with Gasteiger partial charge in [0, 0.05) is 58.6 Å². The summed E-state index contributed by atoms with van der Waals surface area (Å²) >= 11 is 5.23. The van der Waals surface area contributed by atoms with Gasteiger partial charge in [0.2, 0.25) is 0 Å². The van der Waals surface area contributed by atoms with E-state index in [1.807, 2.05) is 25.0 Å². The average molecular weight is 253 g/mol. The van der Waals surface area contributed by atoms with E-state index in [1.54, 1.807) is 0 Å². The molecule has 0 bridgehead atoms. The summed E-state index contributed by atoms with van der Waals surface area (Å²) in [5.41, 5.74) is 1.28. The zero-order valence-electron chi connectivity index (χ0n) is 10.4. The number of nitrogens with zero attached hydrogens (tertiary/aromatic N) is 4. The van der Waals surface area contributed by atoms with Gasteiger partial charge in [-0.2, -0.15) is 5.10 Å². The highest BCUT2D eigenvalue weighted by atomic mass is 32.1. The minimum Gasteiger partial charge on any atom is -0.366 e. The first-order valence-corrected chi connectivity index (χ1v) is 6.26. The van der Waals surface area contributed by atoms with Gasteiger partial charge in [-0.05, 0) is 12.2 Å². The summed E-state index contributed by atoms with van der Waals surface area (Å²) in [4.78, 5) is 4.65. The van der Waals surface area contributed by atoms with Crippen LogP contribution in [0.5, 0.6) is 0 Å². The summed E-state index contributed by atoms with van der Waals surface area (Å²) in [5, 5.41) is 8.07. The normalized spacial score (nSPS) is 17.2. The van der Waals surface area contributed by atoms with E-state index in [4.69, 9.17) is 12.2 Å². The maximum Gasteiger partial charge on any atom is 0.168 e. The average Bonchev–Trinajstić information content (AvgIpc) is 2.75. The predicted octanol–water partition coefficient (Wildman–Crippen LogP) is 0.0420. The highest BCUT2D eigenvalue weighted by Crippen LogP contribution is 2.07. The van der Waals surface area contributed by atoms with Crippen molar-refractivity contribution in [1.29, 1.82) is 0 Å². The van der Waals surface area contributed by atoms with Gasteiger partial charge in [0.25, 0.3) is 0 Å². The third-order valence-electron chi connectivity index (χ3n) is 3.04. The molecule has 0 spiro atoms. The summed E-state index contributed by atoms with van der Waals surface area (Å²) in [7, 11) is 3.83. The fourth-order valence-corrected chi connectivity index (χ4v) is 2.26. The van der Waals surface area contributed by atoms with Crippen LogP contribution >= 0.6 is 12.2 Å². The van der Waals surface area contributed by atoms with Crippen molar-refractivity contribution in [3.8, 4) is 0 Å². The van der Waals surface area contributed by atoms with Crippen molar-refractivity contribution in [1.82, 2.24) is 24.9 Å². The number of aryl methyl sites for hydroxylation is 1. The van der Waals surface area contributed by atoms with Crippen molar-refractivity contribution in [2.24, 2.45) is 7.05 Å². The lowest BCUT2D eigenvalue weighted by molar-refractivity contribution is 0.175. The van der Waals surface area contributed by atoms with E-state index in [-0.39, 0.29) is 0 Å². The fourth-order valence-electron chi connectivity index (χ4n) is 2.08. The topological polar surface area (TPSA) is 36.3 Å². The number of rotatable bonds is 2. The molecule has 2 rings (SSSR count). The summed E-state index contributed by atoms with van der Waals surface area (Å²) in [5.74, 6) is 0. The molecule has 0 radical (unpaired) electrons. The highest BCUT2D eigenvalue weighted by molar-refractivity contribution is 7.80. The minimum absolute atomic E-state index is 0.853. The van der Waals surface area contributed by atoms with E-state index < -0.39 is 0 Å². The fraction of sp³-hybridized carbons (Fsp3) is 0.636. The molecule has 0 aliphatic carbocycles. The Labute approximate surface area is 107 Å². The molecule has 0 aromatic carbocycles. The monoisotopic (exact) mass is 253 g/mol. The van der Waals surface area contributed by atoms with Crippen molar-refractivity contribution in [3.05, 3.63) is 18.0 Å². The Hall–Kier alpha value is -1.14. The van der Waals surface area contributed by atoms with Crippen molar-refractivity contribution in [2.75, 3.05) is 33.2 Å². The molecular formula is C11H19N5S. The third-order valence-corrected chi connectivity index (χ3v) is 3.50. The Morgan fingerprint density at radius 1 is 1.41 bits per heavy atom. The molecule has 0 saturated carbocycles. The number of piperazine rings is 1. The van der Waals surface area contributed by atoms with Crippen LogP contribution in [0.15, 0.2) is 12.4 Å². The van der Waals surface area contributed by atoms with Crippen LogP contribution in [0.2, 0.25) is 0 Å². The van der Waals surface area contributed by atoms with Gasteiger partial charge < -0.3 is 10.2 Å². The second kappa shape index (κ2) is 5.46. The predicted molar refractivity (Wildman–Crippen MR) is 71.7 cm³/mol. The van der Waals surface area contributed by atoms with Crippen LogP contribution in [0.4, 0.5) is 0 Å². The molecule has 1 aromatic rings. The molecule has 2 heterocycles. The number of aromatic nitrogens is 2. The number of nitrogens with one attached hydrogen (secondary N) is 1. The smallest absolute Gasteiger partial charge is 0.168 e. The summed E-state index contributed by atoms with van der Waals surface area (Å²) in [6, 6.07) is 0. The lowest BCUT2D eigenvalue weighted by Crippen LogP contribution is -2.50. The van der Waals surface area contributed by atoms with Crippen LogP contribution in [0.25, 0.3) is 0 Å². The van der Waals surface area contributed by atoms with E-state index in [9.17, 15) is 0 Å². The Morgan fingerprint density at radius 3 is 2.65 bits per heavy atom. The van der Waals surface area contributed by atoms with E-state index in [0.717, 1.165) is 37.8 Å². The Kier molecular flexibility index (Phi) is 3.96. The zero-order chi connectivity index (χ0) is 12.3. The van der Waals surface area contributed by atoms with E-state index in [1.165, 1.54) is 5.56 Å². The maximum absolute atomic E-state index is 5.23. The molecule has 1 aliphatic rings.